The maximum absolute atomic E-state index is 15.1. The molecule has 0 radical (unpaired) electrons. The molecule has 7 nitrogen and oxygen atoms in total. The van der Waals surface area contributed by atoms with E-state index < -0.39 is 27.4 Å². The van der Waals surface area contributed by atoms with Crippen molar-refractivity contribution in [3.05, 3.63) is 70.5 Å². The fourth-order valence-corrected chi connectivity index (χ4v) is 5.19. The van der Waals surface area contributed by atoms with E-state index in [9.17, 15) is 13.2 Å². The first-order valence-corrected chi connectivity index (χ1v) is 12.8. The van der Waals surface area contributed by atoms with Gasteiger partial charge in [0, 0.05) is 22.6 Å². The number of carbonyl (C=O) groups is 1. The van der Waals surface area contributed by atoms with Gasteiger partial charge in [-0.2, -0.15) is 0 Å². The fourth-order valence-electron chi connectivity index (χ4n) is 4.15. The van der Waals surface area contributed by atoms with E-state index in [4.69, 9.17) is 0 Å². The number of amides is 1. The van der Waals surface area contributed by atoms with Gasteiger partial charge >= 0.3 is 0 Å². The maximum Gasteiger partial charge on any atom is 0.274 e. The standard InChI is InChI=1S/C25H31FN4O3S/c1-15-12-19(21(26)14-20(15)25(3,4)29-34(7,32)33)16(2)27-24(31)18-8-10-22-17(13-18)9-11-23(28-22)30(5)6/h8-14,16,29H,1-7H3,(H,27,31)/p+1/t16-/m1/s1. The molecule has 0 aliphatic carbocycles. The Morgan fingerprint density at radius 1 is 1.12 bits per heavy atom. The van der Waals surface area contributed by atoms with Crippen molar-refractivity contribution in [3.8, 4) is 0 Å². The molecule has 0 fully saturated rings. The maximum atomic E-state index is 15.1. The summed E-state index contributed by atoms with van der Waals surface area (Å²) in [6.45, 7) is 6.87. The lowest BCUT2D eigenvalue weighted by Gasteiger charge is -2.28. The van der Waals surface area contributed by atoms with Crippen LogP contribution >= 0.6 is 0 Å². The molecule has 3 rings (SSSR count). The van der Waals surface area contributed by atoms with Crippen LogP contribution in [0.3, 0.4) is 0 Å². The van der Waals surface area contributed by atoms with Crippen LogP contribution in [0, 0.1) is 12.7 Å². The molecule has 0 unspecified atom stereocenters. The first-order chi connectivity index (χ1) is 15.7. The largest absolute Gasteiger partial charge is 0.345 e. The SMILES string of the molecule is Cc1cc([C@@H](C)NC(=O)c2ccc3[nH+]c(N(C)C)ccc3c2)c(F)cc1C(C)(C)NS(C)(=O)=O. The van der Waals surface area contributed by atoms with Crippen molar-refractivity contribution in [2.45, 2.75) is 39.3 Å². The second-order valence-corrected chi connectivity index (χ2v) is 11.2. The Hall–Kier alpha value is -3.04. The summed E-state index contributed by atoms with van der Waals surface area (Å²) in [6, 6.07) is 11.6. The van der Waals surface area contributed by atoms with Crippen molar-refractivity contribution >= 4 is 32.7 Å². The third kappa shape index (κ3) is 5.71. The van der Waals surface area contributed by atoms with Gasteiger partial charge in [-0.05, 0) is 69.2 Å². The number of hydrogen-bond donors (Lipinski definition) is 2. The van der Waals surface area contributed by atoms with Crippen molar-refractivity contribution in [2.75, 3.05) is 25.3 Å². The Bertz CT molecular complexity index is 1350. The van der Waals surface area contributed by atoms with Gasteiger partial charge < -0.3 is 5.32 Å². The van der Waals surface area contributed by atoms with Crippen molar-refractivity contribution < 1.29 is 22.6 Å². The van der Waals surface area contributed by atoms with Gasteiger partial charge in [0.1, 0.15) is 11.3 Å². The van der Waals surface area contributed by atoms with Gasteiger partial charge in [-0.1, -0.05) is 6.07 Å². The van der Waals surface area contributed by atoms with Gasteiger partial charge in [-0.15, -0.1) is 0 Å². The van der Waals surface area contributed by atoms with Crippen LogP contribution in [0.15, 0.2) is 42.5 Å². The number of halogens is 1. The number of nitrogens with one attached hydrogen (secondary N) is 3. The molecular weight excluding hydrogens is 455 g/mol. The monoisotopic (exact) mass is 487 g/mol. The molecule has 0 spiro atoms. The lowest BCUT2D eigenvalue weighted by Crippen LogP contribution is -2.41. The molecule has 34 heavy (non-hydrogen) atoms. The molecule has 1 heterocycles. The lowest BCUT2D eigenvalue weighted by atomic mass is 9.89. The first-order valence-electron chi connectivity index (χ1n) is 10.9. The highest BCUT2D eigenvalue weighted by Gasteiger charge is 2.28. The zero-order valence-electron chi connectivity index (χ0n) is 20.6. The van der Waals surface area contributed by atoms with Crippen LogP contribution in [-0.4, -0.2) is 34.7 Å². The van der Waals surface area contributed by atoms with Gasteiger partial charge in [-0.25, -0.2) is 22.5 Å². The van der Waals surface area contributed by atoms with Crippen molar-refractivity contribution in [3.63, 3.8) is 0 Å². The number of aryl methyl sites for hydroxylation is 1. The van der Waals surface area contributed by atoms with Crippen LogP contribution < -0.4 is 19.9 Å². The zero-order chi connectivity index (χ0) is 25.4. The summed E-state index contributed by atoms with van der Waals surface area (Å²) >= 11 is 0. The van der Waals surface area contributed by atoms with E-state index in [2.05, 4.69) is 15.0 Å². The number of pyridine rings is 1. The second-order valence-electron chi connectivity index (χ2n) is 9.42. The van der Waals surface area contributed by atoms with Crippen LogP contribution in [0.1, 0.15) is 53.9 Å². The summed E-state index contributed by atoms with van der Waals surface area (Å²) in [7, 11) is 0.395. The van der Waals surface area contributed by atoms with Crippen LogP contribution in [0.5, 0.6) is 0 Å². The number of fused-ring (bicyclic) bond motifs is 1. The van der Waals surface area contributed by atoms with Gasteiger partial charge in [0.15, 0.2) is 0 Å². The number of carbonyl (C=O) groups excluding carboxylic acids is 1. The van der Waals surface area contributed by atoms with Gasteiger partial charge in [0.2, 0.25) is 10.0 Å². The molecule has 3 N–H and O–H groups in total. The highest BCUT2D eigenvalue weighted by Crippen LogP contribution is 2.29. The van der Waals surface area contributed by atoms with Gasteiger partial charge in [-0.3, -0.25) is 9.69 Å². The minimum absolute atomic E-state index is 0.314. The Kier molecular flexibility index (Phi) is 7.00. The molecule has 0 bridgehead atoms. The molecule has 3 aromatic rings. The smallest absolute Gasteiger partial charge is 0.274 e. The molecular formula is C25H32FN4O3S+. The third-order valence-electron chi connectivity index (χ3n) is 5.75. The van der Waals surface area contributed by atoms with Crippen molar-refractivity contribution in [1.29, 1.82) is 0 Å². The molecule has 1 aromatic heterocycles. The Labute approximate surface area is 200 Å². The number of rotatable bonds is 7. The fraction of sp³-hybridized carbons (Fsp3) is 0.360. The second kappa shape index (κ2) is 9.31. The van der Waals surface area contributed by atoms with Crippen LogP contribution in [0.25, 0.3) is 10.9 Å². The highest BCUT2D eigenvalue weighted by molar-refractivity contribution is 7.88. The van der Waals surface area contributed by atoms with E-state index in [1.807, 2.05) is 37.2 Å². The number of hydrogen-bond acceptors (Lipinski definition) is 4. The number of anilines is 1. The highest BCUT2D eigenvalue weighted by atomic mass is 32.2. The van der Waals surface area contributed by atoms with Gasteiger partial charge in [0.05, 0.1) is 31.9 Å². The molecule has 182 valence electrons. The number of nitrogens with zero attached hydrogens (tertiary/aromatic N) is 1. The van der Waals surface area contributed by atoms with Crippen LogP contribution in [-0.2, 0) is 15.6 Å². The summed E-state index contributed by atoms with van der Waals surface area (Å²) in [4.78, 5) is 18.2. The number of aromatic nitrogens is 1. The molecule has 1 atom stereocenters. The van der Waals surface area contributed by atoms with E-state index in [1.54, 1.807) is 45.9 Å². The molecule has 0 aliphatic rings. The minimum atomic E-state index is -3.49. The third-order valence-corrected chi connectivity index (χ3v) is 6.63. The molecule has 0 saturated carbocycles. The predicted octanol–water partition coefficient (Wildman–Crippen LogP) is 3.44. The van der Waals surface area contributed by atoms with Crippen LogP contribution in [0.2, 0.25) is 0 Å². The van der Waals surface area contributed by atoms with E-state index in [0.29, 0.717) is 16.7 Å². The number of H-pyrrole nitrogens is 1. The zero-order valence-corrected chi connectivity index (χ0v) is 21.4. The van der Waals surface area contributed by atoms with E-state index in [1.165, 1.54) is 6.07 Å². The molecule has 0 saturated heterocycles. The van der Waals surface area contributed by atoms with E-state index >= 15 is 4.39 Å². The van der Waals surface area contributed by atoms with Gasteiger partial charge in [0.25, 0.3) is 11.7 Å². The average molecular weight is 488 g/mol. The van der Waals surface area contributed by atoms with E-state index in [0.717, 1.165) is 28.5 Å². The number of benzene rings is 2. The van der Waals surface area contributed by atoms with Crippen molar-refractivity contribution in [1.82, 2.24) is 10.0 Å². The molecule has 1 amide bonds. The Morgan fingerprint density at radius 3 is 2.41 bits per heavy atom. The summed E-state index contributed by atoms with van der Waals surface area (Å²) in [5.41, 5.74) is 1.96. The lowest BCUT2D eigenvalue weighted by molar-refractivity contribution is -0.330. The normalized spacial score (nSPS) is 13.1. The Morgan fingerprint density at radius 2 is 1.79 bits per heavy atom. The summed E-state index contributed by atoms with van der Waals surface area (Å²) < 4.78 is 41.0. The summed E-state index contributed by atoms with van der Waals surface area (Å²) in [5.74, 6) is 0.120. The summed E-state index contributed by atoms with van der Waals surface area (Å²) in [5, 5.41) is 3.75. The summed E-state index contributed by atoms with van der Waals surface area (Å²) in [6.07, 6.45) is 1.07. The van der Waals surface area contributed by atoms with Crippen molar-refractivity contribution in [2.24, 2.45) is 0 Å². The minimum Gasteiger partial charge on any atom is -0.345 e. The quantitative estimate of drug-likeness (QED) is 0.534. The topological polar surface area (TPSA) is 92.7 Å². The predicted molar refractivity (Wildman–Crippen MR) is 133 cm³/mol. The van der Waals surface area contributed by atoms with E-state index in [-0.39, 0.29) is 5.91 Å². The first kappa shape index (κ1) is 25.6. The molecule has 0 aliphatic heterocycles. The average Bonchev–Trinajstić information content (AvgIpc) is 2.72. The number of aromatic amines is 1. The molecule has 9 heteroatoms. The Balaban J connectivity index is 1.83. The van der Waals surface area contributed by atoms with Crippen LogP contribution in [0.4, 0.5) is 10.2 Å². The molecule has 2 aromatic carbocycles. The number of sulfonamides is 1.